The second-order valence-corrected chi connectivity index (χ2v) is 5.20. The minimum absolute atomic E-state index is 0.0576. The summed E-state index contributed by atoms with van der Waals surface area (Å²) in [5.41, 5.74) is 1.34. The van der Waals surface area contributed by atoms with Gasteiger partial charge in [-0.25, -0.2) is 9.18 Å². The molecule has 0 radical (unpaired) electrons. The molecule has 0 aliphatic heterocycles. The monoisotopic (exact) mass is 329 g/mol. The van der Waals surface area contributed by atoms with Gasteiger partial charge in [-0.2, -0.15) is 5.26 Å². The fraction of sp³-hybridized carbons (Fsp3) is 0.263. The van der Waals surface area contributed by atoms with Crippen molar-refractivity contribution >= 4 is 5.97 Å². The van der Waals surface area contributed by atoms with Crippen molar-refractivity contribution < 1.29 is 19.4 Å². The second kappa shape index (κ2) is 10.0. The molecule has 5 heteroatoms. The van der Waals surface area contributed by atoms with Crippen molar-refractivity contribution in [2.45, 2.75) is 32.6 Å². The van der Waals surface area contributed by atoms with E-state index in [1.165, 1.54) is 12.1 Å². The fourth-order valence-electron chi connectivity index (χ4n) is 2.11. The minimum Gasteiger partial charge on any atom is -0.508 e. The molecule has 2 aromatic carbocycles. The molecule has 0 heterocycles. The number of aromatic carboxylic acids is 1. The van der Waals surface area contributed by atoms with Gasteiger partial charge in [0.2, 0.25) is 0 Å². The molecule has 126 valence electrons. The van der Waals surface area contributed by atoms with Crippen molar-refractivity contribution in [1.82, 2.24) is 0 Å². The summed E-state index contributed by atoms with van der Waals surface area (Å²) in [6, 6.07) is 12.3. The number of carboxylic acids is 1. The van der Waals surface area contributed by atoms with Gasteiger partial charge in [0.15, 0.2) is 0 Å². The number of halogens is 1. The van der Waals surface area contributed by atoms with Crippen LogP contribution in [-0.4, -0.2) is 16.2 Å². The maximum Gasteiger partial charge on any atom is 0.335 e. The number of hydrogen-bond acceptors (Lipinski definition) is 3. The van der Waals surface area contributed by atoms with Gasteiger partial charge in [0.25, 0.3) is 0 Å². The predicted octanol–water partition coefficient (Wildman–Crippen LogP) is 4.52. The van der Waals surface area contributed by atoms with Crippen LogP contribution in [0.2, 0.25) is 0 Å². The summed E-state index contributed by atoms with van der Waals surface area (Å²) in [5, 5.41) is 25.8. The Bertz CT molecular complexity index is 723. The van der Waals surface area contributed by atoms with Gasteiger partial charge >= 0.3 is 5.97 Å². The zero-order chi connectivity index (χ0) is 17.9. The number of rotatable bonds is 5. The standard InChI is InChI=1S/C12H16O2.C7H4FNO/c1-2-3-4-7-10-8-5-6-9-11(10)12(13)14;8-7-3-6(10)2-1-5(7)4-9/h5-6,8-9H,2-4,7H2,1H3,(H,13,14);1-3,10H. The number of benzene rings is 2. The smallest absolute Gasteiger partial charge is 0.335 e. The molecule has 0 fully saturated rings. The van der Waals surface area contributed by atoms with Crippen LogP contribution in [0.1, 0.15) is 47.7 Å². The number of unbranched alkanes of at least 4 members (excludes halogenated alkanes) is 2. The van der Waals surface area contributed by atoms with Crippen LogP contribution >= 0.6 is 0 Å². The zero-order valence-corrected chi connectivity index (χ0v) is 13.5. The quantitative estimate of drug-likeness (QED) is 0.790. The third kappa shape index (κ3) is 6.09. The van der Waals surface area contributed by atoms with Gasteiger partial charge in [-0.1, -0.05) is 38.0 Å². The van der Waals surface area contributed by atoms with E-state index in [1.54, 1.807) is 18.2 Å². The molecule has 0 aliphatic rings. The highest BCUT2D eigenvalue weighted by Crippen LogP contribution is 2.13. The number of nitriles is 1. The predicted molar refractivity (Wildman–Crippen MR) is 89.4 cm³/mol. The van der Waals surface area contributed by atoms with Crippen molar-refractivity contribution in [2.75, 3.05) is 0 Å². The molecule has 0 aromatic heterocycles. The van der Waals surface area contributed by atoms with E-state index in [0.29, 0.717) is 5.56 Å². The van der Waals surface area contributed by atoms with Crippen LogP contribution in [-0.2, 0) is 6.42 Å². The zero-order valence-electron chi connectivity index (χ0n) is 13.5. The third-order valence-electron chi connectivity index (χ3n) is 3.37. The van der Waals surface area contributed by atoms with Gasteiger partial charge in [-0.15, -0.1) is 0 Å². The average molecular weight is 329 g/mol. The van der Waals surface area contributed by atoms with Gasteiger partial charge < -0.3 is 10.2 Å². The average Bonchev–Trinajstić information content (AvgIpc) is 2.56. The Morgan fingerprint density at radius 3 is 2.50 bits per heavy atom. The molecule has 4 nitrogen and oxygen atoms in total. The lowest BCUT2D eigenvalue weighted by Gasteiger charge is -2.04. The Kier molecular flexibility index (Phi) is 8.00. The van der Waals surface area contributed by atoms with E-state index >= 15 is 0 Å². The summed E-state index contributed by atoms with van der Waals surface area (Å²) in [5.74, 6) is -1.68. The molecule has 2 N–H and O–H groups in total. The van der Waals surface area contributed by atoms with Gasteiger partial charge in [-0.3, -0.25) is 0 Å². The maximum atomic E-state index is 12.5. The van der Waals surface area contributed by atoms with E-state index in [4.69, 9.17) is 15.5 Å². The first-order chi connectivity index (χ1) is 11.5. The number of carbonyl (C=O) groups is 1. The Labute approximate surface area is 140 Å². The third-order valence-corrected chi connectivity index (χ3v) is 3.37. The van der Waals surface area contributed by atoms with Crippen LogP contribution in [0.5, 0.6) is 5.75 Å². The first kappa shape index (κ1) is 19.2. The van der Waals surface area contributed by atoms with Gasteiger partial charge in [0.05, 0.1) is 11.1 Å². The summed E-state index contributed by atoms with van der Waals surface area (Å²) in [4.78, 5) is 10.9. The number of aromatic hydroxyl groups is 1. The molecule has 0 amide bonds. The first-order valence-corrected chi connectivity index (χ1v) is 7.69. The molecule has 0 unspecified atom stereocenters. The van der Waals surface area contributed by atoms with Crippen molar-refractivity contribution in [1.29, 1.82) is 5.26 Å². The molecule has 0 saturated carbocycles. The molecule has 24 heavy (non-hydrogen) atoms. The van der Waals surface area contributed by atoms with Gasteiger partial charge in [0.1, 0.15) is 17.6 Å². The lowest BCUT2D eigenvalue weighted by Crippen LogP contribution is -2.01. The first-order valence-electron chi connectivity index (χ1n) is 7.69. The normalized spacial score (nSPS) is 9.54. The van der Waals surface area contributed by atoms with E-state index < -0.39 is 11.8 Å². The summed E-state index contributed by atoms with van der Waals surface area (Å²) in [6.45, 7) is 2.14. The van der Waals surface area contributed by atoms with Gasteiger partial charge in [-0.05, 0) is 36.6 Å². The molecule has 0 saturated heterocycles. The van der Waals surface area contributed by atoms with Gasteiger partial charge in [0, 0.05) is 6.07 Å². The van der Waals surface area contributed by atoms with Crippen LogP contribution in [0.4, 0.5) is 4.39 Å². The Hall–Kier alpha value is -2.87. The van der Waals surface area contributed by atoms with Crippen molar-refractivity contribution in [2.24, 2.45) is 0 Å². The maximum absolute atomic E-state index is 12.5. The number of carboxylic acid groups (broad SMARTS) is 1. The summed E-state index contributed by atoms with van der Waals surface area (Å²) < 4.78 is 12.5. The molecule has 0 bridgehead atoms. The minimum atomic E-state index is -0.822. The van der Waals surface area contributed by atoms with Crippen molar-refractivity contribution in [3.63, 3.8) is 0 Å². The fourth-order valence-corrected chi connectivity index (χ4v) is 2.11. The van der Waals surface area contributed by atoms with Crippen LogP contribution in [0, 0.1) is 17.1 Å². The number of nitrogens with zero attached hydrogens (tertiary/aromatic N) is 1. The largest absolute Gasteiger partial charge is 0.508 e. The highest BCUT2D eigenvalue weighted by molar-refractivity contribution is 5.89. The number of phenolic OH excluding ortho intramolecular Hbond substituents is 1. The molecule has 0 aliphatic carbocycles. The Morgan fingerprint density at radius 1 is 1.21 bits per heavy atom. The van der Waals surface area contributed by atoms with E-state index in [0.717, 1.165) is 37.3 Å². The lowest BCUT2D eigenvalue weighted by atomic mass is 10.0. The van der Waals surface area contributed by atoms with E-state index in [2.05, 4.69) is 6.92 Å². The van der Waals surface area contributed by atoms with Crippen LogP contribution in [0.3, 0.4) is 0 Å². The van der Waals surface area contributed by atoms with Crippen LogP contribution < -0.4 is 0 Å². The number of hydrogen-bond donors (Lipinski definition) is 2. The van der Waals surface area contributed by atoms with E-state index in [9.17, 15) is 9.18 Å². The molecule has 2 rings (SSSR count). The summed E-state index contributed by atoms with van der Waals surface area (Å²) in [6.07, 6.45) is 4.26. The molecular formula is C19H20FNO3. The summed E-state index contributed by atoms with van der Waals surface area (Å²) in [7, 11) is 0. The van der Waals surface area contributed by atoms with Crippen molar-refractivity contribution in [3.8, 4) is 11.8 Å². The number of aryl methyl sites for hydroxylation is 1. The van der Waals surface area contributed by atoms with E-state index in [-0.39, 0.29) is 11.3 Å². The Morgan fingerprint density at radius 2 is 1.92 bits per heavy atom. The van der Waals surface area contributed by atoms with E-state index in [1.807, 2.05) is 12.1 Å². The second-order valence-electron chi connectivity index (χ2n) is 5.20. The number of phenols is 1. The molecule has 0 atom stereocenters. The summed E-state index contributed by atoms with van der Waals surface area (Å²) >= 11 is 0. The lowest BCUT2D eigenvalue weighted by molar-refractivity contribution is 0.0695. The van der Waals surface area contributed by atoms with Crippen LogP contribution in [0.15, 0.2) is 42.5 Å². The topological polar surface area (TPSA) is 81.3 Å². The highest BCUT2D eigenvalue weighted by Gasteiger charge is 2.07. The highest BCUT2D eigenvalue weighted by atomic mass is 19.1. The molecule has 0 spiro atoms. The Balaban J connectivity index is 0.000000254. The SMILES string of the molecule is CCCCCc1ccccc1C(=O)O.N#Cc1ccc(O)cc1F. The molecular weight excluding hydrogens is 309 g/mol. The van der Waals surface area contributed by atoms with Crippen molar-refractivity contribution in [3.05, 3.63) is 65.0 Å². The molecule has 2 aromatic rings. The van der Waals surface area contributed by atoms with Crippen LogP contribution in [0.25, 0.3) is 0 Å².